The Kier molecular flexibility index (Phi) is 5.45. The zero-order chi connectivity index (χ0) is 12.0. The minimum absolute atomic E-state index is 0.0395. The predicted molar refractivity (Wildman–Crippen MR) is 63.9 cm³/mol. The molecule has 0 saturated heterocycles. The molecule has 1 aromatic rings. The van der Waals surface area contributed by atoms with Gasteiger partial charge in [-0.25, -0.2) is 0 Å². The second-order valence-electron chi connectivity index (χ2n) is 3.55. The van der Waals surface area contributed by atoms with E-state index in [1.165, 1.54) is 11.3 Å². The smallest absolute Gasteiger partial charge is 0.261 e. The van der Waals surface area contributed by atoms with Gasteiger partial charge in [-0.2, -0.15) is 0 Å². The maximum atomic E-state index is 11.8. The summed E-state index contributed by atoms with van der Waals surface area (Å²) in [5.74, 6) is -0.103. The molecule has 0 radical (unpaired) electrons. The molecule has 90 valence electrons. The Morgan fingerprint density at radius 3 is 2.88 bits per heavy atom. The Labute approximate surface area is 99.2 Å². The summed E-state index contributed by atoms with van der Waals surface area (Å²) < 4.78 is 4.98. The third-order valence-corrected chi connectivity index (χ3v) is 3.14. The molecule has 0 aromatic carbocycles. The van der Waals surface area contributed by atoms with Crippen molar-refractivity contribution in [1.29, 1.82) is 0 Å². The summed E-state index contributed by atoms with van der Waals surface area (Å²) in [5.41, 5.74) is 0. The molecule has 1 atom stereocenters. The van der Waals surface area contributed by atoms with E-state index in [9.17, 15) is 4.79 Å². The summed E-state index contributed by atoms with van der Waals surface area (Å²) in [6.45, 7) is 2.41. The van der Waals surface area contributed by atoms with Crippen molar-refractivity contribution in [1.82, 2.24) is 5.32 Å². The van der Waals surface area contributed by atoms with E-state index in [2.05, 4.69) is 5.32 Å². The zero-order valence-corrected chi connectivity index (χ0v) is 10.3. The molecule has 0 fully saturated rings. The van der Waals surface area contributed by atoms with Crippen LogP contribution in [-0.2, 0) is 4.74 Å². The van der Waals surface area contributed by atoms with Gasteiger partial charge in [0.25, 0.3) is 5.91 Å². The SMILES string of the molecule is COCC(CCO)NC(=O)c1ccc(C)s1. The van der Waals surface area contributed by atoms with Gasteiger partial charge in [-0.3, -0.25) is 4.79 Å². The number of hydrogen-bond donors (Lipinski definition) is 2. The highest BCUT2D eigenvalue weighted by atomic mass is 32.1. The molecule has 1 aromatic heterocycles. The van der Waals surface area contributed by atoms with Crippen molar-refractivity contribution in [3.05, 3.63) is 21.9 Å². The Balaban J connectivity index is 2.54. The van der Waals surface area contributed by atoms with Crippen molar-refractivity contribution < 1.29 is 14.6 Å². The van der Waals surface area contributed by atoms with E-state index >= 15 is 0 Å². The molecule has 1 amide bonds. The standard InChI is InChI=1S/C11H17NO3S/c1-8-3-4-10(16-8)11(14)12-9(5-6-13)7-15-2/h3-4,9,13H,5-7H2,1-2H3,(H,12,14). The number of aliphatic hydroxyl groups is 1. The predicted octanol–water partition coefficient (Wildman–Crippen LogP) is 1.18. The Hall–Kier alpha value is -0.910. The monoisotopic (exact) mass is 243 g/mol. The molecule has 0 bridgehead atoms. The summed E-state index contributed by atoms with van der Waals surface area (Å²) in [6.07, 6.45) is 0.504. The molecule has 0 saturated carbocycles. The van der Waals surface area contributed by atoms with Crippen molar-refractivity contribution in [3.63, 3.8) is 0 Å². The highest BCUT2D eigenvalue weighted by Crippen LogP contribution is 2.14. The van der Waals surface area contributed by atoms with Crippen molar-refractivity contribution in [2.75, 3.05) is 20.3 Å². The van der Waals surface area contributed by atoms with Crippen LogP contribution in [0.25, 0.3) is 0 Å². The molecule has 2 N–H and O–H groups in total. The van der Waals surface area contributed by atoms with Gasteiger partial charge in [0, 0.05) is 18.6 Å². The Morgan fingerprint density at radius 1 is 1.62 bits per heavy atom. The van der Waals surface area contributed by atoms with E-state index in [0.717, 1.165) is 4.88 Å². The van der Waals surface area contributed by atoms with E-state index < -0.39 is 0 Å². The molecule has 0 spiro atoms. The van der Waals surface area contributed by atoms with Crippen LogP contribution in [0, 0.1) is 6.92 Å². The summed E-state index contributed by atoms with van der Waals surface area (Å²) in [4.78, 5) is 13.6. The summed E-state index contributed by atoms with van der Waals surface area (Å²) >= 11 is 1.46. The van der Waals surface area contributed by atoms with Gasteiger partial charge in [0.15, 0.2) is 0 Å². The fourth-order valence-corrected chi connectivity index (χ4v) is 2.14. The molecular formula is C11H17NO3S. The minimum atomic E-state index is -0.134. The molecule has 1 rings (SSSR count). The topological polar surface area (TPSA) is 58.6 Å². The first-order valence-electron chi connectivity index (χ1n) is 5.14. The number of amides is 1. The number of carbonyl (C=O) groups is 1. The third-order valence-electron chi connectivity index (χ3n) is 2.14. The van der Waals surface area contributed by atoms with Crippen LogP contribution in [0.4, 0.5) is 0 Å². The normalized spacial score (nSPS) is 12.4. The highest BCUT2D eigenvalue weighted by molar-refractivity contribution is 7.13. The number of nitrogens with one attached hydrogen (secondary N) is 1. The van der Waals surface area contributed by atoms with E-state index in [1.807, 2.05) is 13.0 Å². The van der Waals surface area contributed by atoms with Gasteiger partial charge in [0.05, 0.1) is 17.5 Å². The number of carbonyl (C=O) groups excluding carboxylic acids is 1. The quantitative estimate of drug-likeness (QED) is 0.789. The second kappa shape index (κ2) is 6.62. The number of hydrogen-bond acceptors (Lipinski definition) is 4. The average Bonchev–Trinajstić information content (AvgIpc) is 2.65. The molecule has 0 aliphatic rings. The largest absolute Gasteiger partial charge is 0.396 e. The Bertz CT molecular complexity index is 332. The van der Waals surface area contributed by atoms with Gasteiger partial charge in [-0.15, -0.1) is 11.3 Å². The van der Waals surface area contributed by atoms with Crippen molar-refractivity contribution >= 4 is 17.2 Å². The molecule has 0 aliphatic carbocycles. The van der Waals surface area contributed by atoms with Gasteiger partial charge in [-0.1, -0.05) is 0 Å². The van der Waals surface area contributed by atoms with Gasteiger partial charge in [-0.05, 0) is 25.5 Å². The van der Waals surface area contributed by atoms with Crippen LogP contribution in [0.15, 0.2) is 12.1 Å². The lowest BCUT2D eigenvalue weighted by Gasteiger charge is -2.16. The van der Waals surface area contributed by atoms with Gasteiger partial charge < -0.3 is 15.2 Å². The van der Waals surface area contributed by atoms with Crippen LogP contribution in [0.3, 0.4) is 0 Å². The van der Waals surface area contributed by atoms with Crippen LogP contribution in [-0.4, -0.2) is 37.4 Å². The van der Waals surface area contributed by atoms with Crippen molar-refractivity contribution in [3.8, 4) is 0 Å². The lowest BCUT2D eigenvalue weighted by atomic mass is 10.2. The minimum Gasteiger partial charge on any atom is -0.396 e. The molecule has 4 nitrogen and oxygen atoms in total. The van der Waals surface area contributed by atoms with E-state index in [-0.39, 0.29) is 18.6 Å². The second-order valence-corrected chi connectivity index (χ2v) is 4.84. The van der Waals surface area contributed by atoms with Crippen molar-refractivity contribution in [2.45, 2.75) is 19.4 Å². The van der Waals surface area contributed by atoms with Crippen molar-refractivity contribution in [2.24, 2.45) is 0 Å². The number of aryl methyl sites for hydroxylation is 1. The maximum absolute atomic E-state index is 11.8. The van der Waals surface area contributed by atoms with Crippen LogP contribution in [0.2, 0.25) is 0 Å². The number of ether oxygens (including phenoxy) is 1. The molecule has 16 heavy (non-hydrogen) atoms. The van der Waals surface area contributed by atoms with E-state index in [1.54, 1.807) is 13.2 Å². The first-order chi connectivity index (χ1) is 7.67. The molecule has 5 heteroatoms. The third kappa shape index (κ3) is 3.92. The average molecular weight is 243 g/mol. The Morgan fingerprint density at radius 2 is 2.38 bits per heavy atom. The van der Waals surface area contributed by atoms with E-state index in [4.69, 9.17) is 9.84 Å². The van der Waals surface area contributed by atoms with E-state index in [0.29, 0.717) is 17.9 Å². The lowest BCUT2D eigenvalue weighted by Crippen LogP contribution is -2.38. The molecule has 1 unspecified atom stereocenters. The molecule has 1 heterocycles. The lowest BCUT2D eigenvalue weighted by molar-refractivity contribution is 0.0882. The van der Waals surface area contributed by atoms with Crippen LogP contribution in [0.1, 0.15) is 21.0 Å². The fourth-order valence-electron chi connectivity index (χ4n) is 1.37. The first kappa shape index (κ1) is 13.2. The highest BCUT2D eigenvalue weighted by Gasteiger charge is 2.14. The van der Waals surface area contributed by atoms with Gasteiger partial charge in [0.2, 0.25) is 0 Å². The summed E-state index contributed by atoms with van der Waals surface area (Å²) in [5, 5.41) is 11.7. The fraction of sp³-hybridized carbons (Fsp3) is 0.545. The number of thiophene rings is 1. The van der Waals surface area contributed by atoms with Crippen LogP contribution in [0.5, 0.6) is 0 Å². The summed E-state index contributed by atoms with van der Waals surface area (Å²) in [7, 11) is 1.58. The number of aliphatic hydroxyl groups excluding tert-OH is 1. The van der Waals surface area contributed by atoms with Gasteiger partial charge >= 0.3 is 0 Å². The number of rotatable bonds is 6. The van der Waals surface area contributed by atoms with Crippen LogP contribution >= 0.6 is 11.3 Å². The number of methoxy groups -OCH3 is 1. The molecule has 0 aliphatic heterocycles. The molecular weight excluding hydrogens is 226 g/mol. The summed E-state index contributed by atoms with van der Waals surface area (Å²) in [6, 6.07) is 3.58. The zero-order valence-electron chi connectivity index (χ0n) is 9.53. The first-order valence-corrected chi connectivity index (χ1v) is 5.96. The van der Waals surface area contributed by atoms with Crippen LogP contribution < -0.4 is 5.32 Å². The maximum Gasteiger partial charge on any atom is 0.261 e. The van der Waals surface area contributed by atoms with Gasteiger partial charge in [0.1, 0.15) is 0 Å².